The summed E-state index contributed by atoms with van der Waals surface area (Å²) in [7, 11) is 0. The number of rotatable bonds is 4. The first-order valence-corrected chi connectivity index (χ1v) is 11.4. The van der Waals surface area contributed by atoms with Crippen LogP contribution in [0.4, 0.5) is 8.78 Å². The van der Waals surface area contributed by atoms with E-state index in [0.717, 1.165) is 17.2 Å². The van der Waals surface area contributed by atoms with Gasteiger partial charge >= 0.3 is 0 Å². The van der Waals surface area contributed by atoms with Gasteiger partial charge in [0.2, 0.25) is 0 Å². The summed E-state index contributed by atoms with van der Waals surface area (Å²) in [6, 6.07) is 10.9. The summed E-state index contributed by atoms with van der Waals surface area (Å²) < 4.78 is 28.4. The van der Waals surface area contributed by atoms with Crippen molar-refractivity contribution in [2.45, 2.75) is 39.2 Å². The molecule has 3 nitrogen and oxygen atoms in total. The van der Waals surface area contributed by atoms with Gasteiger partial charge in [0.15, 0.2) is 5.78 Å². The third-order valence-corrected chi connectivity index (χ3v) is 7.38. The molecule has 32 heavy (non-hydrogen) atoms. The molecule has 170 valence electrons. The minimum Gasteiger partial charge on any atom is -0.315 e. The summed E-state index contributed by atoms with van der Waals surface area (Å²) in [5.41, 5.74) is 1.25. The zero-order valence-electron chi connectivity index (χ0n) is 18.6. The minimum absolute atomic E-state index is 0.0725. The summed E-state index contributed by atoms with van der Waals surface area (Å²) in [4.78, 5) is 14.2. The molecule has 2 aromatic rings. The second kappa shape index (κ2) is 8.69. The molecule has 1 unspecified atom stereocenters. The molecule has 6 heteroatoms. The number of Topliss-reactive ketones (excluding diaryl/α,β-unsaturated/α-hetero) is 1. The van der Waals surface area contributed by atoms with Crippen LogP contribution in [-0.4, -0.2) is 31.5 Å². The van der Waals surface area contributed by atoms with Crippen molar-refractivity contribution in [2.24, 2.45) is 10.8 Å². The lowest BCUT2D eigenvalue weighted by atomic mass is 9.56. The van der Waals surface area contributed by atoms with Gasteiger partial charge in [-0.25, -0.2) is 8.78 Å². The molecule has 2 N–H and O–H groups in total. The average Bonchev–Trinajstić information content (AvgIpc) is 3.20. The van der Waals surface area contributed by atoms with E-state index in [2.05, 4.69) is 16.7 Å². The topological polar surface area (TPSA) is 41.1 Å². The van der Waals surface area contributed by atoms with E-state index in [4.69, 9.17) is 11.6 Å². The molecule has 1 fully saturated rings. The lowest BCUT2D eigenvalue weighted by molar-refractivity contribution is -0.137. The normalized spacial score (nSPS) is 26.1. The zero-order valence-corrected chi connectivity index (χ0v) is 19.4. The van der Waals surface area contributed by atoms with Gasteiger partial charge in [0.05, 0.1) is 11.5 Å². The molecule has 0 bridgehead atoms. The maximum Gasteiger partial charge on any atom is 0.158 e. The Morgan fingerprint density at radius 2 is 1.84 bits per heavy atom. The highest BCUT2D eigenvalue weighted by Gasteiger charge is 2.58. The molecular formula is C26H29ClF2N2O. The maximum absolute atomic E-state index is 14.8. The predicted octanol–water partition coefficient (Wildman–Crippen LogP) is 5.35. The second-order valence-corrected chi connectivity index (χ2v) is 10.3. The largest absolute Gasteiger partial charge is 0.315 e. The number of halogens is 3. The number of hydrogen-bond acceptors (Lipinski definition) is 3. The van der Waals surface area contributed by atoms with Gasteiger partial charge in [0, 0.05) is 36.6 Å². The van der Waals surface area contributed by atoms with Gasteiger partial charge in [-0.05, 0) is 46.7 Å². The fourth-order valence-corrected chi connectivity index (χ4v) is 5.51. The van der Waals surface area contributed by atoms with Gasteiger partial charge in [-0.1, -0.05) is 56.6 Å². The van der Waals surface area contributed by atoms with Gasteiger partial charge < -0.3 is 10.6 Å². The Morgan fingerprint density at radius 3 is 2.50 bits per heavy atom. The van der Waals surface area contributed by atoms with Crippen molar-refractivity contribution in [3.05, 3.63) is 76.3 Å². The molecule has 0 saturated carbocycles. The molecule has 2 aliphatic heterocycles. The summed E-state index contributed by atoms with van der Waals surface area (Å²) in [6.45, 7) is 7.60. The van der Waals surface area contributed by atoms with Crippen molar-refractivity contribution in [1.29, 1.82) is 0 Å². The average molecular weight is 459 g/mol. The van der Waals surface area contributed by atoms with Crippen molar-refractivity contribution in [3.8, 4) is 0 Å². The Kier molecular flexibility index (Phi) is 6.27. The van der Waals surface area contributed by atoms with E-state index in [0.29, 0.717) is 36.6 Å². The van der Waals surface area contributed by atoms with Crippen molar-refractivity contribution in [3.63, 3.8) is 0 Å². The molecular weight excluding hydrogens is 430 g/mol. The molecule has 2 aromatic carbocycles. The van der Waals surface area contributed by atoms with Gasteiger partial charge in [0.25, 0.3) is 0 Å². The number of carbonyl (C=O) groups excluding carboxylic acids is 1. The fourth-order valence-electron chi connectivity index (χ4n) is 5.38. The predicted molar refractivity (Wildman–Crippen MR) is 125 cm³/mol. The van der Waals surface area contributed by atoms with Crippen LogP contribution in [0.5, 0.6) is 0 Å². The van der Waals surface area contributed by atoms with Crippen molar-refractivity contribution >= 4 is 23.0 Å². The maximum atomic E-state index is 14.8. The van der Waals surface area contributed by atoms with Crippen LogP contribution in [0.2, 0.25) is 5.02 Å². The number of nitrogens with one attached hydrogen (secondary N) is 2. The molecule has 2 aliphatic rings. The van der Waals surface area contributed by atoms with E-state index in [1.54, 1.807) is 0 Å². The monoisotopic (exact) mass is 458 g/mol. The first-order valence-electron chi connectivity index (χ1n) is 11.0. The molecule has 1 saturated heterocycles. The highest BCUT2D eigenvalue weighted by atomic mass is 35.5. The van der Waals surface area contributed by atoms with E-state index < -0.39 is 28.5 Å². The van der Waals surface area contributed by atoms with E-state index in [1.165, 1.54) is 12.1 Å². The second-order valence-electron chi connectivity index (χ2n) is 9.84. The third kappa shape index (κ3) is 4.02. The van der Waals surface area contributed by atoms with Gasteiger partial charge in [-0.2, -0.15) is 0 Å². The van der Waals surface area contributed by atoms with Crippen molar-refractivity contribution < 1.29 is 13.6 Å². The Bertz CT molecular complexity index is 1040. The Morgan fingerprint density at radius 1 is 1.12 bits per heavy atom. The molecule has 3 atom stereocenters. The van der Waals surface area contributed by atoms with Crippen LogP contribution >= 0.6 is 11.6 Å². The number of benzene rings is 2. The highest BCUT2D eigenvalue weighted by Crippen LogP contribution is 2.53. The van der Waals surface area contributed by atoms with Crippen LogP contribution in [0.1, 0.15) is 44.2 Å². The standard InChI is InChI=1S/C26H29ClF2N2O/c1-25(2,3)26(15-30-14-21(26)20-9-8-19(28)13-22(20)29)24(32)23-12-17(10-11-31-23)16-4-6-18(27)7-5-16/h4-10,13,21,23,30-31H,11-12,14-15H2,1-3H3/t21-,23?,26+/m0/s1. The molecule has 0 spiro atoms. The van der Waals surface area contributed by atoms with Crippen molar-refractivity contribution in [2.75, 3.05) is 19.6 Å². The van der Waals surface area contributed by atoms with Crippen LogP contribution < -0.4 is 10.6 Å². The van der Waals surface area contributed by atoms with Crippen LogP contribution in [0, 0.1) is 22.5 Å². The molecule has 2 heterocycles. The van der Waals surface area contributed by atoms with Crippen LogP contribution in [-0.2, 0) is 4.79 Å². The first-order chi connectivity index (χ1) is 15.1. The van der Waals surface area contributed by atoms with Crippen LogP contribution in [0.3, 0.4) is 0 Å². The summed E-state index contributed by atoms with van der Waals surface area (Å²) in [6.07, 6.45) is 2.65. The Balaban J connectivity index is 1.69. The minimum atomic E-state index is -0.841. The van der Waals surface area contributed by atoms with Gasteiger partial charge in [0.1, 0.15) is 11.6 Å². The zero-order chi connectivity index (χ0) is 23.1. The lowest BCUT2D eigenvalue weighted by Crippen LogP contribution is -2.56. The number of ketones is 1. The van der Waals surface area contributed by atoms with Crippen molar-refractivity contribution in [1.82, 2.24) is 10.6 Å². The quantitative estimate of drug-likeness (QED) is 0.648. The van der Waals surface area contributed by atoms with E-state index >= 15 is 0 Å². The molecule has 0 aliphatic carbocycles. The lowest BCUT2D eigenvalue weighted by Gasteiger charge is -2.47. The smallest absolute Gasteiger partial charge is 0.158 e. The molecule has 4 rings (SSSR count). The highest BCUT2D eigenvalue weighted by molar-refractivity contribution is 6.30. The van der Waals surface area contributed by atoms with Crippen LogP contribution in [0.15, 0.2) is 48.5 Å². The van der Waals surface area contributed by atoms with E-state index in [1.807, 2.05) is 45.0 Å². The Hall–Kier alpha value is -2.08. The Labute approximate surface area is 193 Å². The van der Waals surface area contributed by atoms with Gasteiger partial charge in [-0.3, -0.25) is 4.79 Å². The molecule has 0 amide bonds. The van der Waals surface area contributed by atoms with Gasteiger partial charge in [-0.15, -0.1) is 0 Å². The first kappa shape index (κ1) is 23.1. The van der Waals surface area contributed by atoms with Crippen LogP contribution in [0.25, 0.3) is 5.57 Å². The van der Waals surface area contributed by atoms with E-state index in [-0.39, 0.29) is 11.7 Å². The number of carbonyl (C=O) groups is 1. The van der Waals surface area contributed by atoms with E-state index in [9.17, 15) is 13.6 Å². The molecule has 0 radical (unpaired) electrons. The summed E-state index contributed by atoms with van der Waals surface area (Å²) in [5.74, 6) is -1.53. The fraction of sp³-hybridized carbons (Fsp3) is 0.423. The summed E-state index contributed by atoms with van der Waals surface area (Å²) >= 11 is 6.03. The third-order valence-electron chi connectivity index (χ3n) is 7.13. The molecule has 0 aromatic heterocycles. The SMILES string of the molecule is CC(C)(C)[C@]1(C(=O)C2CC(c3ccc(Cl)cc3)=CCN2)CNC[C@H]1c1ccc(F)cc1F. The summed E-state index contributed by atoms with van der Waals surface area (Å²) in [5, 5.41) is 7.38. The number of hydrogen-bond donors (Lipinski definition) is 2.